The maximum Gasteiger partial charge on any atom is 0.254 e. The zero-order chi connectivity index (χ0) is 23.1. The smallest absolute Gasteiger partial charge is 0.254 e. The highest BCUT2D eigenvalue weighted by molar-refractivity contribution is 5.95. The summed E-state index contributed by atoms with van der Waals surface area (Å²) >= 11 is 0. The van der Waals surface area contributed by atoms with Gasteiger partial charge in [0.2, 0.25) is 5.92 Å². The van der Waals surface area contributed by atoms with Crippen LogP contribution in [0.5, 0.6) is 11.5 Å². The van der Waals surface area contributed by atoms with Crippen LogP contribution in [-0.2, 0) is 15.1 Å². The fourth-order valence-electron chi connectivity index (χ4n) is 5.01. The predicted octanol–water partition coefficient (Wildman–Crippen LogP) is 4.23. The van der Waals surface area contributed by atoms with Crippen molar-refractivity contribution in [1.29, 1.82) is 0 Å². The lowest BCUT2D eigenvalue weighted by molar-refractivity contribution is -0.119. The van der Waals surface area contributed by atoms with Crippen LogP contribution >= 0.6 is 0 Å². The summed E-state index contributed by atoms with van der Waals surface area (Å²) in [5.74, 6) is -2.02. The molecule has 2 atom stereocenters. The molecule has 0 aromatic heterocycles. The van der Waals surface area contributed by atoms with E-state index in [4.69, 9.17) is 18.9 Å². The number of benzene rings is 2. The second-order valence-electron chi connectivity index (χ2n) is 8.98. The molecule has 0 spiro atoms. The molecule has 176 valence electrons. The Morgan fingerprint density at radius 3 is 2.67 bits per heavy atom. The Hall–Kier alpha value is -2.71. The number of rotatable bonds is 6. The minimum atomic E-state index is -2.57. The molecule has 1 amide bonds. The molecule has 6 nitrogen and oxygen atoms in total. The minimum absolute atomic E-state index is 0.129. The number of fused-ring (bicyclic) bond motifs is 1. The van der Waals surface area contributed by atoms with E-state index in [1.165, 1.54) is 7.11 Å². The molecule has 2 aromatic rings. The van der Waals surface area contributed by atoms with Gasteiger partial charge in [-0.05, 0) is 23.8 Å². The number of carbonyl (C=O) groups excluding carboxylic acids is 1. The van der Waals surface area contributed by atoms with Gasteiger partial charge < -0.3 is 23.8 Å². The molecule has 2 aromatic carbocycles. The van der Waals surface area contributed by atoms with E-state index in [1.807, 2.05) is 30.3 Å². The number of hydrogen-bond donors (Lipinski definition) is 0. The van der Waals surface area contributed by atoms with Crippen LogP contribution in [-0.4, -0.2) is 56.4 Å². The number of likely N-dealkylation sites (tertiary alicyclic amines) is 1. The Labute approximate surface area is 191 Å². The van der Waals surface area contributed by atoms with Gasteiger partial charge in [0.15, 0.2) is 11.5 Å². The number of methoxy groups -OCH3 is 1. The van der Waals surface area contributed by atoms with Gasteiger partial charge in [-0.1, -0.05) is 30.3 Å². The molecule has 3 aliphatic rings. The summed E-state index contributed by atoms with van der Waals surface area (Å²) in [4.78, 5) is 15.0. The van der Waals surface area contributed by atoms with Crippen LogP contribution in [0.15, 0.2) is 48.5 Å². The second-order valence-corrected chi connectivity index (χ2v) is 8.98. The van der Waals surface area contributed by atoms with Crippen molar-refractivity contribution < 1.29 is 32.5 Å². The van der Waals surface area contributed by atoms with Gasteiger partial charge in [-0.3, -0.25) is 4.79 Å². The number of hydrogen-bond acceptors (Lipinski definition) is 5. The number of halogens is 2. The van der Waals surface area contributed by atoms with Crippen molar-refractivity contribution in [1.82, 2.24) is 4.90 Å². The molecule has 0 bridgehead atoms. The molecule has 2 aliphatic heterocycles. The summed E-state index contributed by atoms with van der Waals surface area (Å²) in [6.07, 6.45) is 0.0802. The monoisotopic (exact) mass is 459 g/mol. The molecule has 3 fully saturated rings. The summed E-state index contributed by atoms with van der Waals surface area (Å²) in [6, 6.07) is 15.0. The van der Waals surface area contributed by atoms with Gasteiger partial charge in [-0.25, -0.2) is 8.78 Å². The number of alkyl halides is 2. The number of ether oxygens (including phenoxy) is 4. The van der Waals surface area contributed by atoms with Crippen LogP contribution in [0.2, 0.25) is 0 Å². The fraction of sp³-hybridized carbons (Fsp3) is 0.480. The van der Waals surface area contributed by atoms with Crippen molar-refractivity contribution in [3.63, 3.8) is 0 Å². The molecular weight excluding hydrogens is 432 g/mol. The fourth-order valence-corrected chi connectivity index (χ4v) is 5.01. The van der Waals surface area contributed by atoms with Crippen molar-refractivity contribution in [2.45, 2.75) is 36.9 Å². The third-order valence-electron chi connectivity index (χ3n) is 6.85. The zero-order valence-electron chi connectivity index (χ0n) is 18.5. The number of nitrogens with zero attached hydrogens (tertiary/aromatic N) is 1. The molecule has 1 unspecified atom stereocenters. The van der Waals surface area contributed by atoms with Crippen molar-refractivity contribution in [2.24, 2.45) is 5.92 Å². The van der Waals surface area contributed by atoms with E-state index < -0.39 is 11.5 Å². The first kappa shape index (κ1) is 22.1. The van der Waals surface area contributed by atoms with E-state index in [2.05, 4.69) is 0 Å². The highest BCUT2D eigenvalue weighted by Crippen LogP contribution is 2.44. The summed E-state index contributed by atoms with van der Waals surface area (Å²) in [5, 5.41) is 0. The molecule has 1 saturated carbocycles. The molecule has 8 heteroatoms. The van der Waals surface area contributed by atoms with E-state index in [0.717, 1.165) is 5.56 Å². The van der Waals surface area contributed by atoms with Crippen molar-refractivity contribution in [3.8, 4) is 11.5 Å². The van der Waals surface area contributed by atoms with E-state index in [1.54, 1.807) is 23.1 Å². The van der Waals surface area contributed by atoms with Crippen molar-refractivity contribution in [2.75, 3.05) is 33.6 Å². The Morgan fingerprint density at radius 1 is 1.15 bits per heavy atom. The minimum Gasteiger partial charge on any atom is -0.493 e. The second kappa shape index (κ2) is 8.57. The normalized spacial score (nSPS) is 26.4. The van der Waals surface area contributed by atoms with Gasteiger partial charge in [0.05, 0.1) is 20.3 Å². The first-order valence-electron chi connectivity index (χ1n) is 11.2. The topological polar surface area (TPSA) is 57.2 Å². The van der Waals surface area contributed by atoms with Crippen LogP contribution in [0.1, 0.15) is 35.2 Å². The van der Waals surface area contributed by atoms with Crippen LogP contribution in [0.3, 0.4) is 0 Å². The first-order chi connectivity index (χ1) is 15.9. The molecule has 2 heterocycles. The lowest BCUT2D eigenvalue weighted by Gasteiger charge is -2.42. The average molecular weight is 459 g/mol. The molecule has 1 aliphatic carbocycles. The molecule has 0 N–H and O–H groups in total. The van der Waals surface area contributed by atoms with E-state index in [9.17, 15) is 13.6 Å². The van der Waals surface area contributed by atoms with Crippen LogP contribution in [0.25, 0.3) is 0 Å². The first-order valence-corrected chi connectivity index (χ1v) is 11.2. The molecule has 0 radical (unpaired) electrons. The predicted molar refractivity (Wildman–Crippen MR) is 116 cm³/mol. The van der Waals surface area contributed by atoms with Gasteiger partial charge in [-0.2, -0.15) is 0 Å². The Kier molecular flexibility index (Phi) is 5.74. The highest BCUT2D eigenvalue weighted by Gasteiger charge is 2.51. The molecule has 33 heavy (non-hydrogen) atoms. The lowest BCUT2D eigenvalue weighted by Crippen LogP contribution is -2.53. The van der Waals surface area contributed by atoms with E-state index in [-0.39, 0.29) is 44.2 Å². The molecule has 2 saturated heterocycles. The summed E-state index contributed by atoms with van der Waals surface area (Å²) in [6.45, 7) is 1.36. The number of amides is 1. The summed E-state index contributed by atoms with van der Waals surface area (Å²) in [5.41, 5.74) is 0.999. The average Bonchev–Trinajstić information content (AvgIpc) is 3.25. The third-order valence-corrected chi connectivity index (χ3v) is 6.85. The third kappa shape index (κ3) is 4.17. The van der Waals surface area contributed by atoms with Crippen LogP contribution in [0, 0.1) is 5.92 Å². The van der Waals surface area contributed by atoms with Gasteiger partial charge >= 0.3 is 0 Å². The quantitative estimate of drug-likeness (QED) is 0.647. The van der Waals surface area contributed by atoms with Crippen molar-refractivity contribution in [3.05, 3.63) is 59.7 Å². The van der Waals surface area contributed by atoms with E-state index >= 15 is 0 Å². The lowest BCUT2D eigenvalue weighted by atomic mass is 9.82. The number of carbonyl (C=O) groups is 1. The van der Waals surface area contributed by atoms with Crippen molar-refractivity contribution >= 4 is 5.91 Å². The molecule has 5 rings (SSSR count). The van der Waals surface area contributed by atoms with Gasteiger partial charge in [0.25, 0.3) is 5.91 Å². The van der Waals surface area contributed by atoms with Crippen LogP contribution in [0.4, 0.5) is 8.78 Å². The summed E-state index contributed by atoms with van der Waals surface area (Å²) in [7, 11) is 1.49. The Balaban J connectivity index is 1.26. The van der Waals surface area contributed by atoms with Gasteiger partial charge in [0.1, 0.15) is 18.5 Å². The largest absolute Gasteiger partial charge is 0.493 e. The highest BCUT2D eigenvalue weighted by atomic mass is 19.3. The Bertz CT molecular complexity index is 1010. The summed E-state index contributed by atoms with van der Waals surface area (Å²) < 4.78 is 49.1. The zero-order valence-corrected chi connectivity index (χ0v) is 18.5. The SMILES string of the molecule is COc1cc(C(=O)N2CC[C@]3(c4ccccc4)OCOC3C2)ccc1OCC1CC(F)(F)C1. The molecular formula is C25H27F2NO5. The standard InChI is InChI=1S/C25H27F2NO5/c1-30-21-11-18(7-8-20(21)31-15-17-12-24(26,27)13-17)23(29)28-10-9-25(19-5-3-2-4-6-19)22(14-28)32-16-33-25/h2-8,11,17,22H,9-10,12-16H2,1H3/t22?,25-/m1/s1. The maximum atomic E-state index is 13.3. The van der Waals surface area contributed by atoms with Gasteiger partial charge in [-0.15, -0.1) is 0 Å². The van der Waals surface area contributed by atoms with E-state index in [0.29, 0.717) is 36.6 Å². The maximum absolute atomic E-state index is 13.3. The Morgan fingerprint density at radius 2 is 1.94 bits per heavy atom. The van der Waals surface area contributed by atoms with Gasteiger partial charge in [0, 0.05) is 37.3 Å². The number of piperidine rings is 1. The van der Waals surface area contributed by atoms with Crippen LogP contribution < -0.4 is 9.47 Å².